The van der Waals surface area contributed by atoms with Gasteiger partial charge in [-0.1, -0.05) is 134 Å². The fourth-order valence-electron chi connectivity index (χ4n) is 5.02. The van der Waals surface area contributed by atoms with Crippen LogP contribution in [0.25, 0.3) is 17.2 Å². The van der Waals surface area contributed by atoms with Crippen LogP contribution in [0.1, 0.15) is 72.1 Å². The smallest absolute Gasteiger partial charge is 0.870 e. The Labute approximate surface area is 307 Å². The van der Waals surface area contributed by atoms with Crippen LogP contribution in [0.4, 0.5) is 5.69 Å². The zero-order valence-electron chi connectivity index (χ0n) is 27.6. The molecule has 0 saturated carbocycles. The van der Waals surface area contributed by atoms with Gasteiger partial charge in [-0.25, -0.2) is 0 Å². The number of aryl methyl sites for hydroxylation is 1. The molecule has 0 aliphatic carbocycles. The SMILES string of the molecule is Cc1cc(Cl)ccc1-c1ccc(NC(=O)[C@H](Cc2ccc(C(=O)CCC[S-](=O)=O)cc2)c2ccc(/C=C/C(C)(C)C)cc2)cc1.[Na+].[OH-]. The first-order valence-electron chi connectivity index (χ1n) is 15.0. The van der Waals surface area contributed by atoms with Gasteiger partial charge in [0.2, 0.25) is 5.91 Å². The number of carbonyl (C=O) groups excluding carboxylic acids is 2. The van der Waals surface area contributed by atoms with Gasteiger partial charge in [0.05, 0.1) is 5.92 Å². The zero-order valence-corrected chi connectivity index (χ0v) is 31.2. The van der Waals surface area contributed by atoms with Crippen LogP contribution in [0.5, 0.6) is 0 Å². The minimum absolute atomic E-state index is 0. The summed E-state index contributed by atoms with van der Waals surface area (Å²) >= 11 is 6.13. The van der Waals surface area contributed by atoms with Crippen LogP contribution in [-0.4, -0.2) is 22.9 Å². The second-order valence-electron chi connectivity index (χ2n) is 12.4. The Balaban J connectivity index is 0.00000384. The Hall–Kier alpha value is -3.04. The third kappa shape index (κ3) is 12.5. The van der Waals surface area contributed by atoms with Crippen molar-refractivity contribution in [2.45, 2.75) is 52.9 Å². The third-order valence-electron chi connectivity index (χ3n) is 7.51. The van der Waals surface area contributed by atoms with Crippen LogP contribution in [0.2, 0.25) is 5.02 Å². The van der Waals surface area contributed by atoms with E-state index in [4.69, 9.17) is 11.6 Å². The predicted octanol–water partition coefficient (Wildman–Crippen LogP) is 6.44. The predicted molar refractivity (Wildman–Crippen MR) is 187 cm³/mol. The van der Waals surface area contributed by atoms with E-state index in [1.54, 1.807) is 12.1 Å². The van der Waals surface area contributed by atoms with E-state index in [0.29, 0.717) is 29.1 Å². The number of halogens is 1. The van der Waals surface area contributed by atoms with Gasteiger partial charge in [0, 0.05) is 22.7 Å². The molecule has 0 heterocycles. The Bertz CT molecular complexity index is 1740. The van der Waals surface area contributed by atoms with E-state index in [2.05, 4.69) is 38.2 Å². The van der Waals surface area contributed by atoms with Crippen molar-refractivity contribution in [3.05, 3.63) is 130 Å². The fraction of sp³-hybridized carbons (Fsp3) is 0.263. The van der Waals surface area contributed by atoms with Crippen molar-refractivity contribution >= 4 is 45.8 Å². The maximum atomic E-state index is 13.8. The molecule has 0 fully saturated rings. The Morgan fingerprint density at radius 3 is 2.11 bits per heavy atom. The normalized spacial score (nSPS) is 11.9. The molecule has 0 aliphatic heterocycles. The number of Topliss-reactive ketones (excluding diaryl/α,β-unsaturated/α-hetero) is 1. The Morgan fingerprint density at radius 1 is 0.894 bits per heavy atom. The summed E-state index contributed by atoms with van der Waals surface area (Å²) in [4.78, 5) is 26.3. The summed E-state index contributed by atoms with van der Waals surface area (Å²) in [6.45, 7) is 8.46. The summed E-state index contributed by atoms with van der Waals surface area (Å²) in [7, 11) is -2.15. The molecule has 0 bridgehead atoms. The maximum Gasteiger partial charge on any atom is 1.00 e. The first kappa shape index (κ1) is 40.1. The molecule has 9 heteroatoms. The molecule has 2 N–H and O–H groups in total. The maximum absolute atomic E-state index is 13.8. The monoisotopic (exact) mass is 680 g/mol. The van der Waals surface area contributed by atoms with Crippen LogP contribution >= 0.6 is 11.6 Å². The number of hydrogen-bond donors (Lipinski definition) is 1. The summed E-state index contributed by atoms with van der Waals surface area (Å²) in [6.07, 6.45) is 5.15. The quantitative estimate of drug-likeness (QED) is 0.105. The number of ketones is 1. The largest absolute Gasteiger partial charge is 1.00 e. The molecule has 4 aromatic rings. The average Bonchev–Trinajstić information content (AvgIpc) is 2.99. The van der Waals surface area contributed by atoms with Gasteiger partial charge >= 0.3 is 29.6 Å². The number of nitrogens with one attached hydrogen (secondary N) is 1. The molecule has 1 atom stereocenters. The molecule has 4 aromatic carbocycles. The van der Waals surface area contributed by atoms with Gasteiger partial charge in [0.1, 0.15) is 0 Å². The van der Waals surface area contributed by atoms with Crippen molar-refractivity contribution < 1.29 is 53.0 Å². The number of rotatable bonds is 12. The number of amides is 1. The number of allylic oxidation sites excluding steroid dienone is 1. The van der Waals surface area contributed by atoms with E-state index < -0.39 is 16.6 Å². The van der Waals surface area contributed by atoms with Crippen LogP contribution < -0.4 is 34.9 Å². The van der Waals surface area contributed by atoms with Gasteiger partial charge in [0.15, 0.2) is 5.78 Å². The minimum atomic E-state index is -2.15. The van der Waals surface area contributed by atoms with E-state index >= 15 is 0 Å². The molecule has 0 aliphatic rings. The van der Waals surface area contributed by atoms with Crippen LogP contribution in [-0.2, 0) is 30.3 Å². The van der Waals surface area contributed by atoms with E-state index in [0.717, 1.165) is 33.4 Å². The van der Waals surface area contributed by atoms with E-state index in [-0.39, 0.29) is 64.3 Å². The van der Waals surface area contributed by atoms with E-state index in [1.807, 2.05) is 85.8 Å². The summed E-state index contributed by atoms with van der Waals surface area (Å²) in [5.41, 5.74) is 7.35. The van der Waals surface area contributed by atoms with Gasteiger partial charge in [0.25, 0.3) is 0 Å². The number of anilines is 1. The van der Waals surface area contributed by atoms with Crippen molar-refractivity contribution in [1.82, 2.24) is 0 Å². The van der Waals surface area contributed by atoms with Gasteiger partial charge in [-0.2, -0.15) is 0 Å². The average molecular weight is 681 g/mol. The van der Waals surface area contributed by atoms with Gasteiger partial charge in [-0.3, -0.25) is 9.59 Å². The number of benzene rings is 4. The van der Waals surface area contributed by atoms with Gasteiger partial charge in [-0.05, 0) is 76.4 Å². The third-order valence-corrected chi connectivity index (χ3v) is 8.37. The Morgan fingerprint density at radius 2 is 1.53 bits per heavy atom. The van der Waals surface area contributed by atoms with Crippen molar-refractivity contribution in [3.8, 4) is 11.1 Å². The minimum Gasteiger partial charge on any atom is -0.870 e. The molecule has 242 valence electrons. The van der Waals surface area contributed by atoms with Gasteiger partial charge < -0.3 is 19.2 Å². The van der Waals surface area contributed by atoms with Crippen molar-refractivity contribution in [3.63, 3.8) is 0 Å². The van der Waals surface area contributed by atoms with Gasteiger partial charge in [-0.15, -0.1) is 0 Å². The molecule has 4 rings (SSSR count). The second kappa shape index (κ2) is 18.5. The second-order valence-corrected chi connectivity index (χ2v) is 13.8. The molecular formula is C38H40ClNNaO5S-. The first-order valence-corrected chi connectivity index (χ1v) is 16.6. The molecule has 0 unspecified atom stereocenters. The molecular weight excluding hydrogens is 641 g/mol. The van der Waals surface area contributed by atoms with Crippen LogP contribution in [0.15, 0.2) is 97.1 Å². The summed E-state index contributed by atoms with van der Waals surface area (Å²) < 4.78 is 21.6. The molecule has 6 nitrogen and oxygen atoms in total. The molecule has 0 aromatic heterocycles. The fourth-order valence-corrected chi connectivity index (χ4v) is 5.63. The first-order chi connectivity index (χ1) is 21.4. The molecule has 0 spiro atoms. The summed E-state index contributed by atoms with van der Waals surface area (Å²) in [5, 5.41) is 3.80. The molecule has 0 saturated heterocycles. The number of hydrogen-bond acceptors (Lipinski definition) is 6. The van der Waals surface area contributed by atoms with Crippen molar-refractivity contribution in [2.24, 2.45) is 5.41 Å². The molecule has 47 heavy (non-hydrogen) atoms. The van der Waals surface area contributed by atoms with Crippen LogP contribution in [0, 0.1) is 12.3 Å². The van der Waals surface area contributed by atoms with Crippen LogP contribution in [0.3, 0.4) is 0 Å². The summed E-state index contributed by atoms with van der Waals surface area (Å²) in [5.74, 6) is -0.737. The van der Waals surface area contributed by atoms with E-state index in [1.165, 1.54) is 0 Å². The van der Waals surface area contributed by atoms with E-state index in [9.17, 15) is 18.0 Å². The molecule has 0 radical (unpaired) electrons. The van der Waals surface area contributed by atoms with Crippen molar-refractivity contribution in [1.29, 1.82) is 0 Å². The Kier molecular flexibility index (Phi) is 15.8. The zero-order chi connectivity index (χ0) is 32.6. The van der Waals surface area contributed by atoms with Crippen molar-refractivity contribution in [2.75, 3.05) is 11.1 Å². The summed E-state index contributed by atoms with van der Waals surface area (Å²) in [6, 6.07) is 28.9. The standard InChI is InChI=1S/C38H39ClNO4S.Na.H2O/c1-26-24-32(39)17-20-34(26)29-15-18-33(19-16-29)40-37(42)35(30-11-7-27(8-12-30)21-22-38(2,3)4)25-28-9-13-31(14-10-28)36(41)6-5-23-45(43)44;;/h7-22,24,35H,5-6,23,25H2,1-4H3,(H,40,42);;1H2/q-1;+1;/p-1/b22-21+;;/t35-;;/m1../s1. The topological polar surface area (TPSA) is 110 Å². The number of carbonyl (C=O) groups is 2. The molecule has 1 amide bonds.